The van der Waals surface area contributed by atoms with Crippen molar-refractivity contribution in [2.24, 2.45) is 0 Å². The zero-order valence-electron chi connectivity index (χ0n) is 10.4. The average molecular weight is 233 g/mol. The van der Waals surface area contributed by atoms with Crippen LogP contribution in [-0.2, 0) is 0 Å². The van der Waals surface area contributed by atoms with Crippen LogP contribution >= 0.6 is 0 Å². The second-order valence-corrected chi connectivity index (χ2v) is 4.43. The Labute approximate surface area is 108 Å². The first-order chi connectivity index (χ1) is 8.84. The van der Waals surface area contributed by atoms with Gasteiger partial charge in [-0.1, -0.05) is 48.5 Å². The SMILES string of the molecule is CN(c1ccccc1)c1cc2cccccc-2c1. The minimum Gasteiger partial charge on any atom is -0.345 e. The summed E-state index contributed by atoms with van der Waals surface area (Å²) in [4.78, 5) is 2.21. The van der Waals surface area contributed by atoms with E-state index in [1.165, 1.54) is 22.5 Å². The molecule has 0 atom stereocenters. The summed E-state index contributed by atoms with van der Waals surface area (Å²) in [6.45, 7) is 0. The zero-order valence-corrected chi connectivity index (χ0v) is 10.4. The number of para-hydroxylation sites is 1. The fraction of sp³-hybridized carbons (Fsp3) is 0.0588. The maximum absolute atomic E-state index is 2.22. The Hall–Kier alpha value is -2.28. The lowest BCUT2D eigenvalue weighted by atomic mass is 10.2. The third-order valence-electron chi connectivity index (χ3n) is 3.24. The topological polar surface area (TPSA) is 3.24 Å². The Kier molecular flexibility index (Phi) is 2.73. The summed E-state index contributed by atoms with van der Waals surface area (Å²) in [5.41, 5.74) is 4.98. The molecule has 2 aliphatic carbocycles. The van der Waals surface area contributed by atoms with Gasteiger partial charge in [-0.25, -0.2) is 0 Å². The van der Waals surface area contributed by atoms with Crippen molar-refractivity contribution in [3.8, 4) is 11.1 Å². The lowest BCUT2D eigenvalue weighted by Crippen LogP contribution is -2.07. The molecule has 0 N–H and O–H groups in total. The molecule has 0 saturated carbocycles. The number of hydrogen-bond donors (Lipinski definition) is 0. The van der Waals surface area contributed by atoms with Crippen molar-refractivity contribution in [1.29, 1.82) is 0 Å². The highest BCUT2D eigenvalue weighted by molar-refractivity contribution is 5.78. The van der Waals surface area contributed by atoms with Crippen LogP contribution in [-0.4, -0.2) is 7.05 Å². The van der Waals surface area contributed by atoms with E-state index in [0.717, 1.165) is 0 Å². The number of hydrogen-bond acceptors (Lipinski definition) is 1. The molecule has 1 aromatic rings. The minimum absolute atomic E-state index is 1.21. The molecule has 0 saturated heterocycles. The Bertz CT molecular complexity index is 585. The Morgan fingerprint density at radius 1 is 0.611 bits per heavy atom. The van der Waals surface area contributed by atoms with Crippen LogP contribution in [0.1, 0.15) is 0 Å². The normalized spacial score (nSPS) is 10.5. The number of fused-ring (bicyclic) bond motifs is 1. The van der Waals surface area contributed by atoms with Crippen molar-refractivity contribution in [1.82, 2.24) is 0 Å². The molecule has 0 fully saturated rings. The summed E-state index contributed by atoms with van der Waals surface area (Å²) in [6, 6.07) is 25.4. The highest BCUT2D eigenvalue weighted by atomic mass is 15.1. The fourth-order valence-corrected chi connectivity index (χ4v) is 2.19. The maximum atomic E-state index is 2.22. The monoisotopic (exact) mass is 233 g/mol. The van der Waals surface area contributed by atoms with Crippen LogP contribution in [0, 0.1) is 0 Å². The molecule has 0 spiro atoms. The van der Waals surface area contributed by atoms with Gasteiger partial charge >= 0.3 is 0 Å². The third kappa shape index (κ3) is 1.95. The van der Waals surface area contributed by atoms with Crippen molar-refractivity contribution < 1.29 is 0 Å². The molecule has 0 radical (unpaired) electrons. The highest BCUT2D eigenvalue weighted by Crippen LogP contribution is 2.33. The van der Waals surface area contributed by atoms with Crippen molar-refractivity contribution in [3.63, 3.8) is 0 Å². The van der Waals surface area contributed by atoms with E-state index in [1.807, 2.05) is 6.07 Å². The second-order valence-electron chi connectivity index (χ2n) is 4.43. The van der Waals surface area contributed by atoms with Gasteiger partial charge < -0.3 is 4.90 Å². The molecule has 88 valence electrons. The van der Waals surface area contributed by atoms with Crippen LogP contribution in [0.4, 0.5) is 11.4 Å². The quantitative estimate of drug-likeness (QED) is 0.627. The first-order valence-corrected chi connectivity index (χ1v) is 6.12. The molecule has 18 heavy (non-hydrogen) atoms. The van der Waals surface area contributed by atoms with Gasteiger partial charge in [0.1, 0.15) is 0 Å². The number of nitrogens with zero attached hydrogens (tertiary/aromatic N) is 1. The molecular weight excluding hydrogens is 218 g/mol. The smallest absolute Gasteiger partial charge is 0.0420 e. The second kappa shape index (κ2) is 4.53. The summed E-state index contributed by atoms with van der Waals surface area (Å²) in [7, 11) is 2.10. The van der Waals surface area contributed by atoms with E-state index in [-0.39, 0.29) is 0 Å². The highest BCUT2D eigenvalue weighted by Gasteiger charge is 2.09. The third-order valence-corrected chi connectivity index (χ3v) is 3.24. The van der Waals surface area contributed by atoms with Crippen molar-refractivity contribution in [2.45, 2.75) is 0 Å². The minimum atomic E-state index is 1.21. The summed E-state index contributed by atoms with van der Waals surface area (Å²) < 4.78 is 0. The van der Waals surface area contributed by atoms with Gasteiger partial charge in [-0.15, -0.1) is 0 Å². The van der Waals surface area contributed by atoms with Crippen LogP contribution in [0.5, 0.6) is 0 Å². The largest absolute Gasteiger partial charge is 0.345 e. The Morgan fingerprint density at radius 2 is 1.11 bits per heavy atom. The van der Waals surface area contributed by atoms with Crippen LogP contribution in [0.25, 0.3) is 11.1 Å². The fourth-order valence-electron chi connectivity index (χ4n) is 2.19. The summed E-state index contributed by atoms with van der Waals surface area (Å²) in [6.07, 6.45) is 0. The predicted octanol–water partition coefficient (Wildman–Crippen LogP) is 4.56. The van der Waals surface area contributed by atoms with E-state index in [4.69, 9.17) is 0 Å². The van der Waals surface area contributed by atoms with Gasteiger partial charge in [0.05, 0.1) is 0 Å². The average Bonchev–Trinajstić information content (AvgIpc) is 2.70. The van der Waals surface area contributed by atoms with Crippen molar-refractivity contribution in [2.75, 3.05) is 11.9 Å². The lowest BCUT2D eigenvalue weighted by molar-refractivity contribution is 1.22. The summed E-state index contributed by atoms with van der Waals surface area (Å²) in [5.74, 6) is 0. The molecule has 0 unspecified atom stereocenters. The van der Waals surface area contributed by atoms with Gasteiger partial charge in [-0.2, -0.15) is 0 Å². The van der Waals surface area contributed by atoms with Crippen LogP contribution in [0.2, 0.25) is 0 Å². The van der Waals surface area contributed by atoms with E-state index < -0.39 is 0 Å². The Morgan fingerprint density at radius 3 is 1.67 bits per heavy atom. The number of anilines is 2. The molecule has 0 heterocycles. The van der Waals surface area contributed by atoms with Gasteiger partial charge in [-0.3, -0.25) is 0 Å². The maximum Gasteiger partial charge on any atom is 0.0420 e. The van der Waals surface area contributed by atoms with Gasteiger partial charge in [0, 0.05) is 18.4 Å². The van der Waals surface area contributed by atoms with Crippen LogP contribution < -0.4 is 4.90 Å². The first kappa shape index (κ1) is 10.8. The lowest BCUT2D eigenvalue weighted by Gasteiger charge is -2.17. The first-order valence-electron chi connectivity index (χ1n) is 6.12. The van der Waals surface area contributed by atoms with Gasteiger partial charge in [0.25, 0.3) is 0 Å². The molecule has 0 aliphatic heterocycles. The van der Waals surface area contributed by atoms with Crippen LogP contribution in [0.3, 0.4) is 0 Å². The van der Waals surface area contributed by atoms with E-state index in [0.29, 0.717) is 0 Å². The van der Waals surface area contributed by atoms with Gasteiger partial charge in [-0.05, 0) is 35.4 Å². The molecule has 1 nitrogen and oxygen atoms in total. The molecule has 0 bridgehead atoms. The molecule has 0 aromatic heterocycles. The van der Waals surface area contributed by atoms with E-state index in [1.54, 1.807) is 0 Å². The molecule has 1 aromatic carbocycles. The summed E-state index contributed by atoms with van der Waals surface area (Å²) >= 11 is 0. The molecule has 0 amide bonds. The number of benzene rings is 1. The van der Waals surface area contributed by atoms with Crippen molar-refractivity contribution in [3.05, 3.63) is 72.8 Å². The van der Waals surface area contributed by atoms with E-state index in [2.05, 4.69) is 78.7 Å². The standard InChI is InChI=1S/C17H15N/c1-18(16-10-6-3-7-11-16)17-12-14-8-4-2-5-9-15(14)13-17/h2-13H,1H3. The zero-order chi connectivity index (χ0) is 12.4. The van der Waals surface area contributed by atoms with E-state index in [9.17, 15) is 0 Å². The van der Waals surface area contributed by atoms with Crippen molar-refractivity contribution >= 4 is 11.4 Å². The van der Waals surface area contributed by atoms with Gasteiger partial charge in [0.15, 0.2) is 0 Å². The van der Waals surface area contributed by atoms with Crippen LogP contribution in [0.15, 0.2) is 72.8 Å². The number of rotatable bonds is 2. The van der Waals surface area contributed by atoms with Gasteiger partial charge in [0.2, 0.25) is 0 Å². The summed E-state index contributed by atoms with van der Waals surface area (Å²) in [5, 5.41) is 0. The molecular formula is C17H15N. The van der Waals surface area contributed by atoms with E-state index >= 15 is 0 Å². The molecule has 1 heteroatoms. The molecule has 3 rings (SSSR count). The molecule has 2 aliphatic rings. The Balaban J connectivity index is 2.03. The predicted molar refractivity (Wildman–Crippen MR) is 77.6 cm³/mol.